The third-order valence-electron chi connectivity index (χ3n) is 4.54. The van der Waals surface area contributed by atoms with E-state index in [4.69, 9.17) is 0 Å². The predicted octanol–water partition coefficient (Wildman–Crippen LogP) is 6.08. The van der Waals surface area contributed by atoms with Gasteiger partial charge in [0.05, 0.1) is 0 Å². The molecule has 1 aliphatic rings. The molecular weight excluding hydrogens is 323 g/mol. The zero-order chi connectivity index (χ0) is 18.1. The van der Waals surface area contributed by atoms with Gasteiger partial charge in [0.25, 0.3) is 0 Å². The van der Waals surface area contributed by atoms with Crippen LogP contribution in [0.15, 0.2) is 84.0 Å². The first-order valence-corrected chi connectivity index (χ1v) is 11.1. The summed E-state index contributed by atoms with van der Waals surface area (Å²) in [4.78, 5) is 0. The molecule has 132 valence electrons. The van der Waals surface area contributed by atoms with Gasteiger partial charge in [-0.3, -0.25) is 0 Å². The van der Waals surface area contributed by atoms with E-state index in [9.17, 15) is 4.57 Å². The second-order valence-electron chi connectivity index (χ2n) is 6.22. The van der Waals surface area contributed by atoms with Gasteiger partial charge in [-0.1, -0.05) is 97.8 Å². The Morgan fingerprint density at radius 2 is 1.32 bits per heavy atom. The van der Waals surface area contributed by atoms with E-state index in [1.54, 1.807) is 0 Å². The van der Waals surface area contributed by atoms with Gasteiger partial charge in [-0.15, -0.1) is 0 Å². The molecule has 1 nitrogen and oxygen atoms in total. The van der Waals surface area contributed by atoms with Crippen molar-refractivity contribution in [2.24, 2.45) is 0 Å². The maximum absolute atomic E-state index is 13.9. The van der Waals surface area contributed by atoms with E-state index in [-0.39, 0.29) is 0 Å². The molecule has 0 aromatic heterocycles. The summed E-state index contributed by atoms with van der Waals surface area (Å²) in [7, 11) is -2.57. The van der Waals surface area contributed by atoms with Crippen molar-refractivity contribution in [1.29, 1.82) is 0 Å². The van der Waals surface area contributed by atoms with Crippen LogP contribution < -0.4 is 10.6 Å². The van der Waals surface area contributed by atoms with Gasteiger partial charge in [0.15, 0.2) is 0 Å². The zero-order valence-corrected chi connectivity index (χ0v) is 16.5. The maximum atomic E-state index is 13.9. The summed E-state index contributed by atoms with van der Waals surface area (Å²) in [5.41, 5.74) is 2.85. The van der Waals surface area contributed by atoms with Gasteiger partial charge in [0.1, 0.15) is 7.14 Å². The minimum Gasteiger partial charge on any atom is -0.314 e. The molecule has 1 aliphatic carbocycles. The van der Waals surface area contributed by atoms with Crippen molar-refractivity contribution >= 4 is 17.8 Å². The van der Waals surface area contributed by atoms with E-state index in [0.717, 1.165) is 29.9 Å². The molecule has 0 radical (unpaired) electrons. The molecule has 2 heteroatoms. The van der Waals surface area contributed by atoms with Gasteiger partial charge in [0.2, 0.25) is 0 Å². The third kappa shape index (κ3) is 5.06. The number of allylic oxidation sites excluding steroid dienone is 4. The lowest BCUT2D eigenvalue weighted by Crippen LogP contribution is -2.18. The van der Waals surface area contributed by atoms with E-state index < -0.39 is 7.14 Å². The molecule has 0 atom stereocenters. The van der Waals surface area contributed by atoms with Crippen molar-refractivity contribution in [3.05, 3.63) is 84.0 Å². The van der Waals surface area contributed by atoms with Crippen LogP contribution in [0.5, 0.6) is 0 Å². The van der Waals surface area contributed by atoms with Crippen LogP contribution in [-0.4, -0.2) is 6.16 Å². The largest absolute Gasteiger partial charge is 0.314 e. The van der Waals surface area contributed by atoms with Crippen molar-refractivity contribution in [1.82, 2.24) is 0 Å². The highest BCUT2D eigenvalue weighted by molar-refractivity contribution is 7.78. The van der Waals surface area contributed by atoms with Gasteiger partial charge < -0.3 is 4.57 Å². The first-order chi connectivity index (χ1) is 12.2. The minimum atomic E-state index is -2.57. The van der Waals surface area contributed by atoms with Crippen LogP contribution in [0.2, 0.25) is 0 Å². The predicted molar refractivity (Wildman–Crippen MR) is 112 cm³/mol. The highest BCUT2D eigenvalue weighted by Gasteiger charge is 2.26. The molecule has 0 unspecified atom stereocenters. The maximum Gasteiger partial charge on any atom is 0.143 e. The summed E-state index contributed by atoms with van der Waals surface area (Å²) < 4.78 is 13.9. The van der Waals surface area contributed by atoms with E-state index in [0.29, 0.717) is 6.16 Å². The van der Waals surface area contributed by atoms with Crippen molar-refractivity contribution in [3.63, 3.8) is 0 Å². The van der Waals surface area contributed by atoms with Crippen LogP contribution in [0.1, 0.15) is 40.0 Å². The third-order valence-corrected chi connectivity index (χ3v) is 7.66. The molecule has 0 saturated carbocycles. The Morgan fingerprint density at radius 3 is 1.76 bits per heavy atom. The van der Waals surface area contributed by atoms with E-state index in [1.807, 2.05) is 74.5 Å². The first-order valence-electron chi connectivity index (χ1n) is 9.24. The van der Waals surface area contributed by atoms with E-state index in [1.165, 1.54) is 11.1 Å². The minimum absolute atomic E-state index is 0.708. The summed E-state index contributed by atoms with van der Waals surface area (Å²) in [6, 6.07) is 19.9. The number of hydrogen-bond acceptors (Lipinski definition) is 1. The summed E-state index contributed by atoms with van der Waals surface area (Å²) in [5, 5.41) is 1.93. The summed E-state index contributed by atoms with van der Waals surface area (Å²) in [5.74, 6) is 0. The molecule has 0 aliphatic heterocycles. The van der Waals surface area contributed by atoms with Crippen LogP contribution in [0.25, 0.3) is 0 Å². The molecule has 0 fully saturated rings. The fourth-order valence-corrected chi connectivity index (χ4v) is 5.76. The molecule has 2 aromatic carbocycles. The second kappa shape index (κ2) is 9.59. The average molecular weight is 352 g/mol. The van der Waals surface area contributed by atoms with Crippen molar-refractivity contribution < 1.29 is 4.57 Å². The smallest absolute Gasteiger partial charge is 0.143 e. The van der Waals surface area contributed by atoms with Gasteiger partial charge in [-0.25, -0.2) is 0 Å². The Morgan fingerprint density at radius 1 is 0.800 bits per heavy atom. The molecule has 0 heterocycles. The monoisotopic (exact) mass is 352 g/mol. The van der Waals surface area contributed by atoms with Crippen LogP contribution in [0, 0.1) is 0 Å². The van der Waals surface area contributed by atoms with Crippen LogP contribution in [0.3, 0.4) is 0 Å². The van der Waals surface area contributed by atoms with Crippen molar-refractivity contribution in [3.8, 4) is 0 Å². The van der Waals surface area contributed by atoms with Gasteiger partial charge in [0, 0.05) is 16.8 Å². The Bertz CT molecular complexity index is 714. The lowest BCUT2D eigenvalue weighted by atomic mass is 9.98. The second-order valence-corrected chi connectivity index (χ2v) is 9.18. The molecule has 0 saturated heterocycles. The standard InChI is InChI=1S/C21H23OP.C2H6/c1-18-12-14-19(15-13-18)16-17-23(22,20-8-4-2-5-9-20)21-10-6-3-7-11-21;1-2/h2-12,14H,13,15-17H2,1H3;1-2H3. The molecule has 0 N–H and O–H groups in total. The summed E-state index contributed by atoms with van der Waals surface area (Å²) in [6.07, 6.45) is 8.28. The molecule has 25 heavy (non-hydrogen) atoms. The van der Waals surface area contributed by atoms with Crippen LogP contribution >= 0.6 is 7.14 Å². The number of benzene rings is 2. The lowest BCUT2D eigenvalue weighted by Gasteiger charge is -2.21. The molecule has 0 bridgehead atoms. The van der Waals surface area contributed by atoms with Gasteiger partial charge >= 0.3 is 0 Å². The Kier molecular flexibility index (Phi) is 7.47. The molecule has 0 amide bonds. The molecular formula is C23H29OP. The normalized spacial score (nSPS) is 14.0. The Hall–Kier alpha value is -1.85. The molecule has 0 spiro atoms. The number of hydrogen-bond donors (Lipinski definition) is 0. The summed E-state index contributed by atoms with van der Waals surface area (Å²) >= 11 is 0. The Balaban J connectivity index is 0.00000109. The topological polar surface area (TPSA) is 17.1 Å². The van der Waals surface area contributed by atoms with Gasteiger partial charge in [-0.05, 0) is 26.2 Å². The highest BCUT2D eigenvalue weighted by atomic mass is 31.2. The summed E-state index contributed by atoms with van der Waals surface area (Å²) in [6.45, 7) is 6.17. The lowest BCUT2D eigenvalue weighted by molar-refractivity contribution is 0.586. The van der Waals surface area contributed by atoms with E-state index in [2.05, 4.69) is 19.1 Å². The zero-order valence-electron chi connectivity index (χ0n) is 15.6. The van der Waals surface area contributed by atoms with Crippen LogP contribution in [-0.2, 0) is 4.57 Å². The highest BCUT2D eigenvalue weighted by Crippen LogP contribution is 2.45. The van der Waals surface area contributed by atoms with E-state index >= 15 is 0 Å². The van der Waals surface area contributed by atoms with Gasteiger partial charge in [-0.2, -0.15) is 0 Å². The molecule has 2 aromatic rings. The SMILES string of the molecule is CC.CC1=CC=C(CCP(=O)(c2ccccc2)c2ccccc2)CC1. The first kappa shape index (κ1) is 19.5. The Labute approximate surface area is 152 Å². The number of rotatable bonds is 5. The average Bonchev–Trinajstić information content (AvgIpc) is 2.70. The van der Waals surface area contributed by atoms with Crippen LogP contribution in [0.4, 0.5) is 0 Å². The van der Waals surface area contributed by atoms with Crippen molar-refractivity contribution in [2.45, 2.75) is 40.0 Å². The fourth-order valence-electron chi connectivity index (χ4n) is 3.04. The quantitative estimate of drug-likeness (QED) is 0.596. The van der Waals surface area contributed by atoms with Crippen molar-refractivity contribution in [2.75, 3.05) is 6.16 Å². The fraction of sp³-hybridized carbons (Fsp3) is 0.304. The molecule has 3 rings (SSSR count).